The molecular formula is C29H28N2O5. The molecule has 1 amide bonds. The largest absolute Gasteiger partial charge is 0.872 e. The van der Waals surface area contributed by atoms with Gasteiger partial charge in [0, 0.05) is 17.2 Å². The number of ether oxygens (including phenoxy) is 2. The van der Waals surface area contributed by atoms with Gasteiger partial charge in [-0.3, -0.25) is 9.59 Å². The van der Waals surface area contributed by atoms with Crippen molar-refractivity contribution in [2.45, 2.75) is 38.8 Å². The van der Waals surface area contributed by atoms with Gasteiger partial charge in [-0.15, -0.1) is 0 Å². The molecule has 2 aliphatic heterocycles. The summed E-state index contributed by atoms with van der Waals surface area (Å²) in [5.74, 6) is -0.957. The Morgan fingerprint density at radius 1 is 1.03 bits per heavy atom. The Hall–Kier alpha value is -4.13. The normalized spacial score (nSPS) is 19.0. The Labute approximate surface area is 210 Å². The number of amides is 1. The zero-order valence-electron chi connectivity index (χ0n) is 20.5. The molecule has 0 aliphatic carbocycles. The van der Waals surface area contributed by atoms with Gasteiger partial charge in [0.25, 0.3) is 5.91 Å². The lowest BCUT2D eigenvalue weighted by Gasteiger charge is -2.28. The molecule has 1 unspecified atom stereocenters. The van der Waals surface area contributed by atoms with Crippen molar-refractivity contribution >= 4 is 17.4 Å². The maximum Gasteiger partial charge on any atom is 0.295 e. The highest BCUT2D eigenvalue weighted by Gasteiger charge is 2.44. The first kappa shape index (κ1) is 23.6. The van der Waals surface area contributed by atoms with Crippen molar-refractivity contribution in [2.24, 2.45) is 0 Å². The number of ketones is 1. The van der Waals surface area contributed by atoms with Gasteiger partial charge in [0.05, 0.1) is 12.6 Å². The highest BCUT2D eigenvalue weighted by Crippen LogP contribution is 2.41. The van der Waals surface area contributed by atoms with Gasteiger partial charge in [-0.1, -0.05) is 56.9 Å². The number of carbonyl (C=O) groups is 2. The van der Waals surface area contributed by atoms with E-state index >= 15 is 0 Å². The quantitative estimate of drug-likeness (QED) is 0.323. The van der Waals surface area contributed by atoms with E-state index in [1.807, 2.05) is 36.4 Å². The summed E-state index contributed by atoms with van der Waals surface area (Å²) in [5.41, 5.74) is 2.81. The Bertz CT molecular complexity index is 1340. The molecule has 0 bridgehead atoms. The number of hydrogen-bond acceptors (Lipinski definition) is 5. The smallest absolute Gasteiger partial charge is 0.295 e. The third kappa shape index (κ3) is 4.33. The number of aromatic amines is 1. The number of likely N-dealkylation sites (tertiary alicyclic amines) is 1. The second-order valence-corrected chi connectivity index (χ2v) is 10.0. The minimum absolute atomic E-state index is 0.0555. The molecule has 2 aromatic carbocycles. The average Bonchev–Trinajstić information content (AvgIpc) is 3.13. The van der Waals surface area contributed by atoms with Crippen LogP contribution in [0.4, 0.5) is 0 Å². The fraction of sp³-hybridized carbons (Fsp3) is 0.276. The molecule has 7 nitrogen and oxygen atoms in total. The Kier molecular flexibility index (Phi) is 6.00. The number of carbonyl (C=O) groups excluding carboxylic acids is 2. The number of fused-ring (bicyclic) bond motifs is 1. The molecule has 0 saturated carbocycles. The lowest BCUT2D eigenvalue weighted by molar-refractivity contribution is -0.378. The van der Waals surface area contributed by atoms with E-state index in [4.69, 9.17) is 9.47 Å². The molecule has 1 N–H and O–H groups in total. The van der Waals surface area contributed by atoms with Crippen molar-refractivity contribution in [2.75, 3.05) is 13.2 Å². The summed E-state index contributed by atoms with van der Waals surface area (Å²) in [6, 6.07) is 15.5. The minimum atomic E-state index is -0.806. The number of Topliss-reactive ketones (excluding diaryl/α,β-unsaturated/α-hetero) is 1. The third-order valence-electron chi connectivity index (χ3n) is 6.55. The van der Waals surface area contributed by atoms with Crippen molar-refractivity contribution in [1.29, 1.82) is 0 Å². The number of hydrogen-bond donors (Lipinski definition) is 0. The highest BCUT2D eigenvalue weighted by atomic mass is 16.6. The number of benzene rings is 2. The van der Waals surface area contributed by atoms with Crippen LogP contribution in [0.25, 0.3) is 5.76 Å². The van der Waals surface area contributed by atoms with Crippen LogP contribution in [0.1, 0.15) is 49.1 Å². The van der Waals surface area contributed by atoms with Gasteiger partial charge in [-0.25, -0.2) is 4.98 Å². The number of H-pyrrole nitrogens is 1. The van der Waals surface area contributed by atoms with Gasteiger partial charge in [0.2, 0.25) is 5.78 Å². The number of nitrogens with zero attached hydrogens (tertiary/aromatic N) is 1. The Morgan fingerprint density at radius 2 is 1.75 bits per heavy atom. The van der Waals surface area contributed by atoms with E-state index in [1.165, 1.54) is 4.90 Å². The molecule has 1 saturated heterocycles. The number of pyridine rings is 1. The van der Waals surface area contributed by atoms with Gasteiger partial charge < -0.3 is 19.5 Å². The van der Waals surface area contributed by atoms with Crippen LogP contribution in [0.5, 0.6) is 11.5 Å². The molecule has 0 radical (unpaired) electrons. The first-order valence-corrected chi connectivity index (χ1v) is 12.0. The predicted molar refractivity (Wildman–Crippen MR) is 131 cm³/mol. The molecule has 184 valence electrons. The maximum atomic E-state index is 13.8. The summed E-state index contributed by atoms with van der Waals surface area (Å²) >= 11 is 0. The molecule has 5 rings (SSSR count). The van der Waals surface area contributed by atoms with E-state index in [1.54, 1.807) is 30.6 Å². The zero-order valence-corrected chi connectivity index (χ0v) is 20.5. The molecular weight excluding hydrogens is 456 g/mol. The first-order valence-electron chi connectivity index (χ1n) is 12.0. The van der Waals surface area contributed by atoms with Gasteiger partial charge in [0.15, 0.2) is 23.9 Å². The van der Waals surface area contributed by atoms with Crippen molar-refractivity contribution in [3.05, 3.63) is 94.8 Å². The second kappa shape index (κ2) is 9.15. The molecule has 2 aliphatic rings. The highest BCUT2D eigenvalue weighted by molar-refractivity contribution is 6.46. The van der Waals surface area contributed by atoms with E-state index in [2.05, 4.69) is 25.8 Å². The van der Waals surface area contributed by atoms with Crippen LogP contribution in [0.2, 0.25) is 0 Å². The van der Waals surface area contributed by atoms with E-state index in [0.29, 0.717) is 30.3 Å². The lowest BCUT2D eigenvalue weighted by Crippen LogP contribution is -2.29. The molecule has 3 heterocycles. The minimum Gasteiger partial charge on any atom is -0.872 e. The molecule has 0 spiro atoms. The van der Waals surface area contributed by atoms with Gasteiger partial charge >= 0.3 is 0 Å². The van der Waals surface area contributed by atoms with Crippen LogP contribution in [0.3, 0.4) is 0 Å². The van der Waals surface area contributed by atoms with E-state index < -0.39 is 23.5 Å². The van der Waals surface area contributed by atoms with Crippen molar-refractivity contribution in [3.8, 4) is 11.5 Å². The standard InChI is InChI=1S/C29H28N2O5/c1-29(2,3)21-9-6-19(7-10-21)25-24(26(32)20-8-11-22-23(15-20)36-14-13-35-22)27(33)28(34)31(25)17-18-5-4-12-30-16-18/h4-12,15-16,25,32H,13-14,17H2,1-3H3/b26-24+. The topological polar surface area (TPSA) is 93.0 Å². The summed E-state index contributed by atoms with van der Waals surface area (Å²) in [6.07, 6.45) is 3.55. The van der Waals surface area contributed by atoms with Crippen LogP contribution in [0.15, 0.2) is 72.6 Å². The molecule has 1 atom stereocenters. The molecule has 1 fully saturated rings. The van der Waals surface area contributed by atoms with Gasteiger partial charge in [-0.05, 0) is 40.3 Å². The van der Waals surface area contributed by atoms with E-state index in [9.17, 15) is 14.7 Å². The molecule has 1 aromatic heterocycles. The fourth-order valence-electron chi connectivity index (χ4n) is 4.61. The first-order chi connectivity index (χ1) is 17.2. The van der Waals surface area contributed by atoms with Crippen LogP contribution in [0, 0.1) is 0 Å². The summed E-state index contributed by atoms with van der Waals surface area (Å²) in [4.78, 5) is 31.0. The van der Waals surface area contributed by atoms with E-state index in [0.717, 1.165) is 11.1 Å². The summed E-state index contributed by atoms with van der Waals surface area (Å²) in [5, 5.41) is 13.8. The monoisotopic (exact) mass is 484 g/mol. The number of aromatic nitrogens is 1. The van der Waals surface area contributed by atoms with Crippen molar-refractivity contribution < 1.29 is 29.2 Å². The van der Waals surface area contributed by atoms with E-state index in [-0.39, 0.29) is 23.1 Å². The number of rotatable bonds is 4. The number of nitrogens with one attached hydrogen (secondary N) is 1. The summed E-state index contributed by atoms with van der Waals surface area (Å²) in [6.45, 7) is 7.35. The van der Waals surface area contributed by atoms with Crippen molar-refractivity contribution in [1.82, 2.24) is 4.90 Å². The molecule has 36 heavy (non-hydrogen) atoms. The average molecular weight is 485 g/mol. The van der Waals surface area contributed by atoms with Crippen LogP contribution >= 0.6 is 0 Å². The van der Waals surface area contributed by atoms with Gasteiger partial charge in [0.1, 0.15) is 13.2 Å². The Morgan fingerprint density at radius 3 is 2.42 bits per heavy atom. The van der Waals surface area contributed by atoms with Crippen LogP contribution in [-0.4, -0.2) is 29.8 Å². The zero-order chi connectivity index (χ0) is 25.4. The third-order valence-corrected chi connectivity index (χ3v) is 6.55. The van der Waals surface area contributed by atoms with Gasteiger partial charge in [-0.2, -0.15) is 0 Å². The lowest BCUT2D eigenvalue weighted by atomic mass is 9.85. The summed E-state index contributed by atoms with van der Waals surface area (Å²) < 4.78 is 11.2. The SMILES string of the molecule is CC(C)(C)c1ccc(C2/C(=C(\[O-])c3ccc4c(c3)OCCO4)C(=O)C(=O)N2Cc2ccc[nH+]c2)cc1. The molecule has 3 aromatic rings. The molecule has 7 heteroatoms. The fourth-order valence-corrected chi connectivity index (χ4v) is 4.61. The van der Waals surface area contributed by atoms with Crippen LogP contribution in [-0.2, 0) is 21.5 Å². The van der Waals surface area contributed by atoms with Crippen molar-refractivity contribution in [3.63, 3.8) is 0 Å². The second-order valence-electron chi connectivity index (χ2n) is 10.0. The maximum absolute atomic E-state index is 13.8. The van der Waals surface area contributed by atoms with Crippen LogP contribution < -0.4 is 19.6 Å². The Balaban J connectivity index is 1.63. The predicted octanol–water partition coefficient (Wildman–Crippen LogP) is 2.99. The summed E-state index contributed by atoms with van der Waals surface area (Å²) in [7, 11) is 0.